The Morgan fingerprint density at radius 1 is 1.29 bits per heavy atom. The summed E-state index contributed by atoms with van der Waals surface area (Å²) in [5.74, 6) is -1.44. The first-order valence-electron chi connectivity index (χ1n) is 3.90. The van der Waals surface area contributed by atoms with Crippen LogP contribution in [-0.2, 0) is 9.63 Å². The molecule has 5 heteroatoms. The van der Waals surface area contributed by atoms with Gasteiger partial charge in [0, 0.05) is 5.56 Å². The smallest absolute Gasteiger partial charge is 0.357 e. The molecule has 0 aromatic heterocycles. The maximum absolute atomic E-state index is 11.2. The molecule has 0 saturated carbocycles. The molecule has 1 aromatic carbocycles. The van der Waals surface area contributed by atoms with Gasteiger partial charge in [0.25, 0.3) is 5.91 Å². The van der Waals surface area contributed by atoms with Gasteiger partial charge in [0.1, 0.15) is 6.61 Å². The van der Waals surface area contributed by atoms with E-state index < -0.39 is 18.5 Å². The summed E-state index contributed by atoms with van der Waals surface area (Å²) in [6, 6.07) is 8.27. The van der Waals surface area contributed by atoms with E-state index in [0.29, 0.717) is 5.56 Å². The Hall–Kier alpha value is -1.88. The number of rotatable bonds is 2. The first kappa shape index (κ1) is 10.2. The van der Waals surface area contributed by atoms with Gasteiger partial charge in [-0.2, -0.15) is 5.48 Å². The molecule has 0 fully saturated rings. The summed E-state index contributed by atoms with van der Waals surface area (Å²) in [7, 11) is 0. The zero-order chi connectivity index (χ0) is 10.4. The van der Waals surface area contributed by atoms with Crippen molar-refractivity contribution < 1.29 is 19.5 Å². The van der Waals surface area contributed by atoms with Crippen LogP contribution >= 0.6 is 0 Å². The Bertz CT molecular complexity index is 323. The van der Waals surface area contributed by atoms with E-state index in [9.17, 15) is 9.59 Å². The highest BCUT2D eigenvalue weighted by Crippen LogP contribution is 1.97. The maximum Gasteiger partial charge on any atom is 0.357 e. The highest BCUT2D eigenvalue weighted by Gasteiger charge is 2.06. The van der Waals surface area contributed by atoms with E-state index in [1.54, 1.807) is 30.3 Å². The summed E-state index contributed by atoms with van der Waals surface area (Å²) in [6.45, 7) is -0.769. The van der Waals surface area contributed by atoms with E-state index in [1.807, 2.05) is 5.48 Å². The molecule has 74 valence electrons. The normalized spacial score (nSPS) is 9.21. The molecule has 0 atom stereocenters. The molecule has 0 aliphatic rings. The van der Waals surface area contributed by atoms with Gasteiger partial charge in [-0.15, -0.1) is 0 Å². The van der Waals surface area contributed by atoms with Crippen LogP contribution in [0.5, 0.6) is 0 Å². The van der Waals surface area contributed by atoms with Gasteiger partial charge >= 0.3 is 5.97 Å². The minimum atomic E-state index is -0.908. The molecule has 14 heavy (non-hydrogen) atoms. The molecule has 0 heterocycles. The molecule has 1 amide bonds. The minimum absolute atomic E-state index is 0.373. The second-order valence-corrected chi connectivity index (χ2v) is 2.43. The van der Waals surface area contributed by atoms with E-state index in [0.717, 1.165) is 0 Å². The highest BCUT2D eigenvalue weighted by molar-refractivity contribution is 5.94. The molecule has 0 radical (unpaired) electrons. The van der Waals surface area contributed by atoms with Gasteiger partial charge < -0.3 is 9.94 Å². The lowest BCUT2D eigenvalue weighted by molar-refractivity contribution is -0.152. The predicted molar refractivity (Wildman–Crippen MR) is 47.1 cm³/mol. The number of nitrogens with one attached hydrogen (secondary N) is 1. The topological polar surface area (TPSA) is 75.6 Å². The number of aliphatic hydroxyl groups is 1. The van der Waals surface area contributed by atoms with Gasteiger partial charge in [-0.1, -0.05) is 18.2 Å². The quantitative estimate of drug-likeness (QED) is 0.644. The molecule has 1 aromatic rings. The van der Waals surface area contributed by atoms with Gasteiger partial charge in [-0.05, 0) is 12.1 Å². The zero-order valence-corrected chi connectivity index (χ0v) is 7.27. The third-order valence-electron chi connectivity index (χ3n) is 1.42. The summed E-state index contributed by atoms with van der Waals surface area (Å²) in [5.41, 5.74) is 2.27. The van der Waals surface area contributed by atoms with E-state index in [-0.39, 0.29) is 0 Å². The fraction of sp³-hybridized carbons (Fsp3) is 0.111. The van der Waals surface area contributed by atoms with E-state index >= 15 is 0 Å². The summed E-state index contributed by atoms with van der Waals surface area (Å²) >= 11 is 0. The molecule has 0 aliphatic carbocycles. The average Bonchev–Trinajstić information content (AvgIpc) is 2.26. The number of carbonyl (C=O) groups excluding carboxylic acids is 2. The van der Waals surface area contributed by atoms with Gasteiger partial charge in [0.15, 0.2) is 0 Å². The van der Waals surface area contributed by atoms with Crippen LogP contribution in [0.1, 0.15) is 10.4 Å². The number of benzene rings is 1. The van der Waals surface area contributed by atoms with Crippen LogP contribution in [-0.4, -0.2) is 23.6 Å². The van der Waals surface area contributed by atoms with Crippen LogP contribution in [0.25, 0.3) is 0 Å². The maximum atomic E-state index is 11.2. The van der Waals surface area contributed by atoms with Crippen molar-refractivity contribution in [2.45, 2.75) is 0 Å². The molecule has 2 N–H and O–H groups in total. The van der Waals surface area contributed by atoms with Crippen molar-refractivity contribution in [3.8, 4) is 0 Å². The zero-order valence-electron chi connectivity index (χ0n) is 7.27. The lowest BCUT2D eigenvalue weighted by Crippen LogP contribution is -2.28. The van der Waals surface area contributed by atoms with Crippen LogP contribution in [0.4, 0.5) is 0 Å². The summed E-state index contributed by atoms with van der Waals surface area (Å²) < 4.78 is 0. The van der Waals surface area contributed by atoms with Crippen LogP contribution in [0.3, 0.4) is 0 Å². The van der Waals surface area contributed by atoms with Crippen molar-refractivity contribution in [3.05, 3.63) is 35.9 Å². The SMILES string of the molecule is O=C(CO)ONC(=O)c1ccccc1. The van der Waals surface area contributed by atoms with Crippen LogP contribution < -0.4 is 5.48 Å². The Kier molecular flexibility index (Phi) is 3.63. The number of hydrogen-bond donors (Lipinski definition) is 2. The van der Waals surface area contributed by atoms with Crippen LogP contribution in [0.15, 0.2) is 30.3 Å². The molecular formula is C9H9NO4. The van der Waals surface area contributed by atoms with Crippen molar-refractivity contribution in [2.75, 3.05) is 6.61 Å². The lowest BCUT2D eigenvalue weighted by Gasteiger charge is -2.03. The second kappa shape index (κ2) is 4.98. The van der Waals surface area contributed by atoms with Gasteiger partial charge in [-0.25, -0.2) is 4.79 Å². The largest absolute Gasteiger partial charge is 0.385 e. The first-order valence-corrected chi connectivity index (χ1v) is 3.90. The predicted octanol–water partition coefficient (Wildman–Crippen LogP) is -0.133. The van der Waals surface area contributed by atoms with Crippen molar-refractivity contribution in [3.63, 3.8) is 0 Å². The van der Waals surface area contributed by atoms with Crippen LogP contribution in [0.2, 0.25) is 0 Å². The second-order valence-electron chi connectivity index (χ2n) is 2.43. The molecule has 0 spiro atoms. The number of carbonyl (C=O) groups is 2. The molecule has 0 unspecified atom stereocenters. The summed E-state index contributed by atoms with van der Waals surface area (Å²) in [4.78, 5) is 25.9. The Balaban J connectivity index is 2.48. The number of aliphatic hydroxyl groups excluding tert-OH is 1. The summed E-state index contributed by atoms with van der Waals surface area (Å²) in [6.07, 6.45) is 0. The minimum Gasteiger partial charge on any atom is -0.385 e. The van der Waals surface area contributed by atoms with Gasteiger partial charge in [-0.3, -0.25) is 4.79 Å². The Morgan fingerprint density at radius 2 is 1.93 bits per heavy atom. The third-order valence-corrected chi connectivity index (χ3v) is 1.42. The lowest BCUT2D eigenvalue weighted by atomic mass is 10.2. The molecule has 0 saturated heterocycles. The van der Waals surface area contributed by atoms with Crippen LogP contribution in [0, 0.1) is 0 Å². The van der Waals surface area contributed by atoms with Gasteiger partial charge in [0.05, 0.1) is 0 Å². The number of hydrogen-bond acceptors (Lipinski definition) is 4. The summed E-state index contributed by atoms with van der Waals surface area (Å²) in [5, 5.41) is 8.29. The monoisotopic (exact) mass is 195 g/mol. The molecular weight excluding hydrogens is 186 g/mol. The Morgan fingerprint density at radius 3 is 2.50 bits per heavy atom. The van der Waals surface area contributed by atoms with Crippen molar-refractivity contribution in [1.82, 2.24) is 5.48 Å². The van der Waals surface area contributed by atoms with E-state index in [2.05, 4.69) is 4.84 Å². The van der Waals surface area contributed by atoms with Crippen molar-refractivity contribution in [2.24, 2.45) is 0 Å². The Labute approximate surface area is 80.3 Å². The highest BCUT2D eigenvalue weighted by atomic mass is 16.7. The first-order chi connectivity index (χ1) is 6.74. The van der Waals surface area contributed by atoms with E-state index in [4.69, 9.17) is 5.11 Å². The molecule has 0 aliphatic heterocycles. The fourth-order valence-electron chi connectivity index (χ4n) is 0.784. The van der Waals surface area contributed by atoms with Gasteiger partial charge in [0.2, 0.25) is 0 Å². The fourth-order valence-corrected chi connectivity index (χ4v) is 0.784. The van der Waals surface area contributed by atoms with Crippen molar-refractivity contribution >= 4 is 11.9 Å². The number of hydroxylamine groups is 1. The van der Waals surface area contributed by atoms with Crippen molar-refractivity contribution in [1.29, 1.82) is 0 Å². The standard InChI is InChI=1S/C9H9NO4/c11-6-8(12)14-10-9(13)7-4-2-1-3-5-7/h1-5,11H,6H2,(H,10,13). The molecule has 0 bridgehead atoms. The third kappa shape index (κ3) is 2.87. The van der Waals surface area contributed by atoms with E-state index in [1.165, 1.54) is 0 Å². The average molecular weight is 195 g/mol. The molecule has 1 rings (SSSR count). The number of amides is 1. The molecule has 5 nitrogen and oxygen atoms in total.